The normalized spacial score (nSPS) is 45.6. The zero-order valence-corrected chi connectivity index (χ0v) is 19.1. The Morgan fingerprint density at radius 1 is 0.900 bits per heavy atom. The van der Waals surface area contributed by atoms with Crippen molar-refractivity contribution in [1.29, 1.82) is 0 Å². The summed E-state index contributed by atoms with van der Waals surface area (Å²) in [6.45, 7) is 3.40. The molecule has 168 valence electrons. The Balaban J connectivity index is 1.11. The molecule has 1 heterocycles. The van der Waals surface area contributed by atoms with Gasteiger partial charge < -0.3 is 10.1 Å². The summed E-state index contributed by atoms with van der Waals surface area (Å²) in [6.07, 6.45) is 21.1. The highest BCUT2D eigenvalue weighted by Gasteiger charge is 2.48. The number of piperidine rings is 1. The lowest BCUT2D eigenvalue weighted by Gasteiger charge is -2.43. The van der Waals surface area contributed by atoms with Crippen LogP contribution in [0.3, 0.4) is 0 Å². The van der Waals surface area contributed by atoms with E-state index >= 15 is 0 Å². The van der Waals surface area contributed by atoms with Crippen molar-refractivity contribution in [3.8, 4) is 0 Å². The Labute approximate surface area is 183 Å². The van der Waals surface area contributed by atoms with Crippen LogP contribution in [-0.4, -0.2) is 24.7 Å². The van der Waals surface area contributed by atoms with Crippen molar-refractivity contribution in [2.24, 2.45) is 35.5 Å². The van der Waals surface area contributed by atoms with Gasteiger partial charge in [-0.1, -0.05) is 44.3 Å². The Morgan fingerprint density at radius 3 is 2.47 bits per heavy atom. The second kappa shape index (κ2) is 9.35. The summed E-state index contributed by atoms with van der Waals surface area (Å²) in [7, 11) is 0. The molecule has 4 unspecified atom stereocenters. The van der Waals surface area contributed by atoms with E-state index in [2.05, 4.69) is 18.3 Å². The highest BCUT2D eigenvalue weighted by atomic mass is 16.5. The number of amides is 1. The maximum Gasteiger partial charge on any atom is 0.223 e. The number of nitrogens with one attached hydrogen (secondary N) is 1. The van der Waals surface area contributed by atoms with Crippen molar-refractivity contribution in [1.82, 2.24) is 5.32 Å². The van der Waals surface area contributed by atoms with Crippen LogP contribution in [0, 0.1) is 35.5 Å². The molecule has 4 aliphatic carbocycles. The fraction of sp³-hybridized carbons (Fsp3) is 0.889. The molecule has 0 spiro atoms. The summed E-state index contributed by atoms with van der Waals surface area (Å²) in [5.74, 6) is 4.51. The second-order valence-corrected chi connectivity index (χ2v) is 11.5. The molecule has 0 aromatic carbocycles. The smallest absolute Gasteiger partial charge is 0.223 e. The monoisotopic (exact) mass is 413 g/mol. The van der Waals surface area contributed by atoms with Gasteiger partial charge in [-0.3, -0.25) is 4.79 Å². The molecule has 1 aliphatic heterocycles. The van der Waals surface area contributed by atoms with Gasteiger partial charge in [0.15, 0.2) is 0 Å². The van der Waals surface area contributed by atoms with Gasteiger partial charge in [-0.2, -0.15) is 0 Å². The van der Waals surface area contributed by atoms with E-state index in [-0.39, 0.29) is 0 Å². The van der Waals surface area contributed by atoms with Gasteiger partial charge in [0.25, 0.3) is 0 Å². The van der Waals surface area contributed by atoms with Crippen LogP contribution in [0.5, 0.6) is 0 Å². The number of allylic oxidation sites excluding steroid dienone is 1. The molecule has 0 bridgehead atoms. The molecule has 3 heteroatoms. The molecule has 4 atom stereocenters. The minimum atomic E-state index is 0.319. The fourth-order valence-corrected chi connectivity index (χ4v) is 7.53. The molecular weight excluding hydrogens is 370 g/mol. The molecule has 0 aromatic rings. The average molecular weight is 414 g/mol. The van der Waals surface area contributed by atoms with Crippen LogP contribution in [0.25, 0.3) is 0 Å². The van der Waals surface area contributed by atoms with Crippen molar-refractivity contribution in [2.45, 2.75) is 109 Å². The molecule has 30 heavy (non-hydrogen) atoms. The first-order chi connectivity index (χ1) is 14.7. The first kappa shape index (κ1) is 21.0. The maximum atomic E-state index is 12.7. The molecule has 3 nitrogen and oxygen atoms in total. The number of rotatable bonds is 4. The van der Waals surface area contributed by atoms with Crippen molar-refractivity contribution >= 4 is 5.91 Å². The molecule has 4 saturated carbocycles. The summed E-state index contributed by atoms with van der Waals surface area (Å²) in [5, 5.41) is 3.45. The first-order valence-electron chi connectivity index (χ1n) is 13.3. The predicted molar refractivity (Wildman–Crippen MR) is 121 cm³/mol. The van der Waals surface area contributed by atoms with Crippen LogP contribution in [-0.2, 0) is 9.53 Å². The van der Waals surface area contributed by atoms with Gasteiger partial charge in [-0.25, -0.2) is 0 Å². The summed E-state index contributed by atoms with van der Waals surface area (Å²) in [4.78, 5) is 12.7. The topological polar surface area (TPSA) is 38.3 Å². The first-order valence-corrected chi connectivity index (χ1v) is 13.3. The Morgan fingerprint density at radius 2 is 1.67 bits per heavy atom. The molecular formula is C27H43NO2. The lowest BCUT2D eigenvalue weighted by Crippen LogP contribution is -2.53. The molecule has 5 fully saturated rings. The van der Waals surface area contributed by atoms with Crippen LogP contribution >= 0.6 is 0 Å². The zero-order chi connectivity index (χ0) is 20.5. The molecule has 1 saturated heterocycles. The Bertz CT molecular complexity index is 627. The SMILES string of the molecule is CC1CCC(COC2CCC(/C=C3/CCC4C3NC(=O)C3CCCCC34)CC2)CC1. The van der Waals surface area contributed by atoms with Gasteiger partial charge in [0.05, 0.1) is 12.1 Å². The van der Waals surface area contributed by atoms with Crippen molar-refractivity contribution in [2.75, 3.05) is 6.61 Å². The predicted octanol–water partition coefficient (Wildman–Crippen LogP) is 6.03. The summed E-state index contributed by atoms with van der Waals surface area (Å²) in [5.41, 5.74) is 1.57. The average Bonchev–Trinajstić information content (AvgIpc) is 3.17. The van der Waals surface area contributed by atoms with Gasteiger partial charge >= 0.3 is 0 Å². The van der Waals surface area contributed by atoms with Crippen LogP contribution in [0.2, 0.25) is 0 Å². The number of carbonyl (C=O) groups is 1. The quantitative estimate of drug-likeness (QED) is 0.572. The Kier molecular flexibility index (Phi) is 6.55. The minimum Gasteiger partial charge on any atom is -0.378 e. The van der Waals surface area contributed by atoms with Crippen LogP contribution in [0.1, 0.15) is 96.8 Å². The summed E-state index contributed by atoms with van der Waals surface area (Å²) < 4.78 is 6.36. The van der Waals surface area contributed by atoms with Gasteiger partial charge in [0, 0.05) is 12.5 Å². The van der Waals surface area contributed by atoms with E-state index < -0.39 is 0 Å². The molecule has 1 N–H and O–H groups in total. The number of hydrogen-bond acceptors (Lipinski definition) is 2. The van der Waals surface area contributed by atoms with Gasteiger partial charge in [0.1, 0.15) is 0 Å². The third kappa shape index (κ3) is 4.52. The van der Waals surface area contributed by atoms with Gasteiger partial charge in [-0.15, -0.1) is 0 Å². The van der Waals surface area contributed by atoms with E-state index in [1.807, 2.05) is 0 Å². The number of ether oxygens (including phenoxy) is 1. The molecule has 0 aromatic heterocycles. The van der Waals surface area contributed by atoms with Crippen LogP contribution in [0.15, 0.2) is 11.6 Å². The molecule has 5 rings (SSSR count). The molecule has 5 aliphatic rings. The third-order valence-corrected chi connectivity index (χ3v) is 9.47. The van der Waals surface area contributed by atoms with E-state index in [1.54, 1.807) is 5.57 Å². The summed E-state index contributed by atoms with van der Waals surface area (Å²) in [6, 6.07) is 0.361. The third-order valence-electron chi connectivity index (χ3n) is 9.47. The van der Waals surface area contributed by atoms with E-state index in [9.17, 15) is 4.79 Å². The van der Waals surface area contributed by atoms with E-state index in [1.165, 1.54) is 83.5 Å². The van der Waals surface area contributed by atoms with E-state index in [0.29, 0.717) is 35.8 Å². The molecule has 1 amide bonds. The Hall–Kier alpha value is -0.830. The lowest BCUT2D eigenvalue weighted by atomic mass is 9.67. The van der Waals surface area contributed by atoms with Crippen molar-refractivity contribution in [3.05, 3.63) is 11.6 Å². The highest BCUT2D eigenvalue weighted by molar-refractivity contribution is 5.81. The van der Waals surface area contributed by atoms with Crippen molar-refractivity contribution in [3.63, 3.8) is 0 Å². The number of carbonyl (C=O) groups excluding carboxylic acids is 1. The highest BCUT2D eigenvalue weighted by Crippen LogP contribution is 2.48. The largest absolute Gasteiger partial charge is 0.378 e. The van der Waals surface area contributed by atoms with Crippen molar-refractivity contribution < 1.29 is 9.53 Å². The standard InChI is InChI=1S/C27H43NO2/c1-18-6-8-20(9-7-18)17-30-22-13-10-19(11-14-22)16-21-12-15-24-23-4-2-3-5-25(23)27(29)28-26(21)24/h16,18-20,22-26H,2-15,17H2,1H3,(H,28,29)/b21-16-. The lowest BCUT2D eigenvalue weighted by molar-refractivity contribution is -0.133. The second-order valence-electron chi connectivity index (χ2n) is 11.5. The van der Waals surface area contributed by atoms with Crippen LogP contribution < -0.4 is 5.32 Å². The number of hydrogen-bond donors (Lipinski definition) is 1. The molecule has 0 radical (unpaired) electrons. The fourth-order valence-electron chi connectivity index (χ4n) is 7.53. The maximum absolute atomic E-state index is 12.7. The van der Waals surface area contributed by atoms with Gasteiger partial charge in [-0.05, 0) is 93.8 Å². The minimum absolute atomic E-state index is 0.319. The van der Waals surface area contributed by atoms with Crippen LogP contribution in [0.4, 0.5) is 0 Å². The summed E-state index contributed by atoms with van der Waals surface area (Å²) >= 11 is 0. The van der Waals surface area contributed by atoms with Gasteiger partial charge in [0.2, 0.25) is 5.91 Å². The van der Waals surface area contributed by atoms with E-state index in [0.717, 1.165) is 30.8 Å². The zero-order valence-electron chi connectivity index (χ0n) is 19.1. The number of fused-ring (bicyclic) bond motifs is 3. The van der Waals surface area contributed by atoms with E-state index in [4.69, 9.17) is 4.74 Å².